The third-order valence-electron chi connectivity index (χ3n) is 2.96. The Morgan fingerprint density at radius 2 is 2.00 bits per heavy atom. The van der Waals surface area contributed by atoms with Crippen molar-refractivity contribution in [1.82, 2.24) is 10.2 Å². The second-order valence-corrected chi connectivity index (χ2v) is 6.25. The fraction of sp³-hybridized carbons (Fsp3) is 0.750. The topological polar surface area (TPSA) is 104 Å². The number of hydrogen-bond donors (Lipinski definition) is 2. The van der Waals surface area contributed by atoms with Crippen LogP contribution in [0.3, 0.4) is 0 Å². The molecule has 0 saturated heterocycles. The van der Waals surface area contributed by atoms with E-state index in [0.717, 1.165) is 12.8 Å². The largest absolute Gasteiger partial charge is 0.480 e. The molecule has 8 heteroatoms. The van der Waals surface area contributed by atoms with Gasteiger partial charge < -0.3 is 15.3 Å². The number of nitrogens with one attached hydrogen (secondary N) is 1. The van der Waals surface area contributed by atoms with Crippen LogP contribution in [0.1, 0.15) is 26.7 Å². The minimum Gasteiger partial charge on any atom is -0.480 e. The predicted octanol–water partition coefficient (Wildman–Crippen LogP) is -0.665. The van der Waals surface area contributed by atoms with Crippen LogP contribution in [0.25, 0.3) is 0 Å². The number of nitrogens with zero attached hydrogens (tertiary/aromatic N) is 1. The summed E-state index contributed by atoms with van der Waals surface area (Å²) in [6.07, 6.45) is 1.94. The van der Waals surface area contributed by atoms with Gasteiger partial charge in [0.2, 0.25) is 11.8 Å². The number of hydrogen-bond acceptors (Lipinski definition) is 4. The Balaban J connectivity index is 2.50. The number of carboxylic acids is 1. The maximum absolute atomic E-state index is 11.9. The van der Waals surface area contributed by atoms with Gasteiger partial charge in [0.25, 0.3) is 0 Å². The molecule has 1 aliphatic rings. The quantitative estimate of drug-likeness (QED) is 0.619. The van der Waals surface area contributed by atoms with Gasteiger partial charge in [-0.15, -0.1) is 0 Å². The van der Waals surface area contributed by atoms with E-state index < -0.39 is 28.7 Å². The highest BCUT2D eigenvalue weighted by molar-refractivity contribution is 7.85. The average Bonchev–Trinajstić information content (AvgIpc) is 3.12. The Morgan fingerprint density at radius 3 is 2.40 bits per heavy atom. The number of carbonyl (C=O) groups excluding carboxylic acids is 2. The molecule has 0 spiro atoms. The van der Waals surface area contributed by atoms with E-state index in [1.54, 1.807) is 4.90 Å². The van der Waals surface area contributed by atoms with E-state index in [1.807, 2.05) is 6.92 Å². The first-order chi connectivity index (χ1) is 9.35. The Kier molecular flexibility index (Phi) is 6.12. The van der Waals surface area contributed by atoms with Crippen LogP contribution in [-0.2, 0) is 25.2 Å². The molecule has 0 bridgehead atoms. The second kappa shape index (κ2) is 7.37. The van der Waals surface area contributed by atoms with Gasteiger partial charge in [-0.05, 0) is 19.8 Å². The molecule has 0 aromatic carbocycles. The molecule has 2 N–H and O–H groups in total. The number of aliphatic carboxylic acids is 1. The van der Waals surface area contributed by atoms with E-state index in [2.05, 4.69) is 5.32 Å². The van der Waals surface area contributed by atoms with Gasteiger partial charge in [-0.25, -0.2) is 4.79 Å². The van der Waals surface area contributed by atoms with Crippen LogP contribution in [0.4, 0.5) is 0 Å². The van der Waals surface area contributed by atoms with Crippen molar-refractivity contribution in [2.75, 3.05) is 18.1 Å². The molecule has 0 heterocycles. The minimum absolute atomic E-state index is 0.201. The van der Waals surface area contributed by atoms with Gasteiger partial charge >= 0.3 is 5.97 Å². The number of rotatable bonds is 8. The first-order valence-corrected chi connectivity index (χ1v) is 7.98. The van der Waals surface area contributed by atoms with Crippen LogP contribution in [0.5, 0.6) is 0 Å². The number of amides is 2. The van der Waals surface area contributed by atoms with Crippen molar-refractivity contribution in [2.24, 2.45) is 0 Å². The average molecular weight is 304 g/mol. The minimum atomic E-state index is -1.61. The molecule has 2 amide bonds. The Morgan fingerprint density at radius 1 is 1.40 bits per heavy atom. The highest BCUT2D eigenvalue weighted by Crippen LogP contribution is 2.26. The van der Waals surface area contributed by atoms with E-state index >= 15 is 0 Å². The fourth-order valence-corrected chi connectivity index (χ4v) is 3.07. The van der Waals surface area contributed by atoms with Crippen molar-refractivity contribution in [3.8, 4) is 0 Å². The summed E-state index contributed by atoms with van der Waals surface area (Å²) in [4.78, 5) is 35.4. The van der Waals surface area contributed by atoms with Crippen LogP contribution in [-0.4, -0.2) is 62.1 Å². The second-order valence-electron chi connectivity index (χ2n) is 4.75. The molecule has 1 unspecified atom stereocenters. The van der Waals surface area contributed by atoms with Crippen LogP contribution in [0, 0.1) is 0 Å². The normalized spacial score (nSPS) is 17.1. The highest BCUT2D eigenvalue weighted by Gasteiger charge is 2.32. The van der Waals surface area contributed by atoms with Gasteiger partial charge in [0.15, 0.2) is 0 Å². The van der Waals surface area contributed by atoms with Crippen molar-refractivity contribution in [3.63, 3.8) is 0 Å². The lowest BCUT2D eigenvalue weighted by atomic mass is 10.3. The van der Waals surface area contributed by atoms with Gasteiger partial charge in [0.05, 0.1) is 5.75 Å². The Labute approximate surface area is 120 Å². The summed E-state index contributed by atoms with van der Waals surface area (Å²) in [6.45, 7) is 3.61. The molecule has 1 aliphatic carbocycles. The van der Waals surface area contributed by atoms with E-state index in [1.165, 1.54) is 6.92 Å². The van der Waals surface area contributed by atoms with Crippen molar-refractivity contribution >= 4 is 28.6 Å². The summed E-state index contributed by atoms with van der Waals surface area (Å²) in [5.74, 6) is -2.44. The number of carbonyl (C=O) groups is 3. The summed E-state index contributed by atoms with van der Waals surface area (Å²) >= 11 is 0. The molecule has 0 aliphatic heterocycles. The molecule has 20 heavy (non-hydrogen) atoms. The summed E-state index contributed by atoms with van der Waals surface area (Å²) < 4.78 is 11.9. The zero-order chi connectivity index (χ0) is 15.3. The van der Waals surface area contributed by atoms with Crippen molar-refractivity contribution in [3.05, 3.63) is 0 Å². The lowest BCUT2D eigenvalue weighted by Crippen LogP contribution is -2.45. The fourth-order valence-electron chi connectivity index (χ4n) is 1.91. The lowest BCUT2D eigenvalue weighted by molar-refractivity contribution is -0.140. The Hall–Kier alpha value is -1.44. The van der Waals surface area contributed by atoms with Gasteiger partial charge in [0, 0.05) is 30.3 Å². The molecule has 0 aromatic heterocycles. The molecule has 2 atom stereocenters. The SMILES string of the molecule is CCN(C(=O)CS(=O)C[C@H](NC(C)=O)C(=O)O)C1CC1. The number of carboxylic acid groups (broad SMARTS) is 1. The van der Waals surface area contributed by atoms with Gasteiger partial charge in [-0.1, -0.05) is 0 Å². The van der Waals surface area contributed by atoms with Crippen LogP contribution in [0.15, 0.2) is 0 Å². The van der Waals surface area contributed by atoms with Crippen LogP contribution >= 0.6 is 0 Å². The first kappa shape index (κ1) is 16.6. The third kappa shape index (κ3) is 5.28. The maximum Gasteiger partial charge on any atom is 0.327 e. The van der Waals surface area contributed by atoms with Crippen LogP contribution < -0.4 is 5.32 Å². The summed E-state index contributed by atoms with van der Waals surface area (Å²) in [5.41, 5.74) is 0. The molecule has 0 radical (unpaired) electrons. The summed E-state index contributed by atoms with van der Waals surface area (Å²) in [6, 6.07) is -0.979. The molecule has 114 valence electrons. The molecule has 1 saturated carbocycles. The molecule has 1 rings (SSSR count). The predicted molar refractivity (Wildman–Crippen MR) is 73.5 cm³/mol. The van der Waals surface area contributed by atoms with Crippen molar-refractivity contribution < 1.29 is 23.7 Å². The van der Waals surface area contributed by atoms with E-state index in [-0.39, 0.29) is 23.5 Å². The monoisotopic (exact) mass is 304 g/mol. The van der Waals surface area contributed by atoms with E-state index in [0.29, 0.717) is 6.54 Å². The molecule has 7 nitrogen and oxygen atoms in total. The van der Waals surface area contributed by atoms with Crippen molar-refractivity contribution in [2.45, 2.75) is 38.8 Å². The summed E-state index contributed by atoms with van der Waals surface area (Å²) in [7, 11) is -1.61. The van der Waals surface area contributed by atoms with Gasteiger partial charge in [-0.2, -0.15) is 0 Å². The first-order valence-electron chi connectivity index (χ1n) is 6.49. The van der Waals surface area contributed by atoms with Gasteiger partial charge in [-0.3, -0.25) is 13.8 Å². The third-order valence-corrected chi connectivity index (χ3v) is 4.24. The van der Waals surface area contributed by atoms with E-state index in [9.17, 15) is 18.6 Å². The van der Waals surface area contributed by atoms with Crippen molar-refractivity contribution in [1.29, 1.82) is 0 Å². The Bertz CT molecular complexity index is 422. The molecule has 0 aromatic rings. The molecule has 1 fully saturated rings. The molecular weight excluding hydrogens is 284 g/mol. The smallest absolute Gasteiger partial charge is 0.327 e. The summed E-state index contributed by atoms with van der Waals surface area (Å²) in [5, 5.41) is 11.1. The van der Waals surface area contributed by atoms with E-state index in [4.69, 9.17) is 5.11 Å². The molecular formula is C12H20N2O5S. The maximum atomic E-state index is 11.9. The standard InChI is InChI=1S/C12H20N2O5S/c1-3-14(9-4-5-9)11(16)7-20(19)6-10(12(17)18)13-8(2)15/h9-10H,3-7H2,1-2H3,(H,13,15)(H,17,18)/t10-,20?/m0/s1. The highest BCUT2D eigenvalue weighted by atomic mass is 32.2. The van der Waals surface area contributed by atoms with Crippen LogP contribution in [0.2, 0.25) is 0 Å². The lowest BCUT2D eigenvalue weighted by Gasteiger charge is -2.20. The van der Waals surface area contributed by atoms with Gasteiger partial charge in [0.1, 0.15) is 11.8 Å². The zero-order valence-corrected chi connectivity index (χ0v) is 12.4. The zero-order valence-electron chi connectivity index (χ0n) is 11.6.